The van der Waals surface area contributed by atoms with Crippen LogP contribution >= 0.6 is 11.8 Å². The van der Waals surface area contributed by atoms with Crippen molar-refractivity contribution < 1.29 is 5.11 Å². The summed E-state index contributed by atoms with van der Waals surface area (Å²) < 4.78 is 0. The van der Waals surface area contributed by atoms with E-state index < -0.39 is 0 Å². The van der Waals surface area contributed by atoms with Crippen LogP contribution in [0.25, 0.3) is 0 Å². The fourth-order valence-electron chi connectivity index (χ4n) is 1.54. The molecular formula is C13H21NOS. The van der Waals surface area contributed by atoms with Gasteiger partial charge in [0.2, 0.25) is 0 Å². The van der Waals surface area contributed by atoms with Gasteiger partial charge in [0.05, 0.1) is 0 Å². The smallest absolute Gasteiger partial charge is 0.120 e. The zero-order valence-corrected chi connectivity index (χ0v) is 11.1. The summed E-state index contributed by atoms with van der Waals surface area (Å²) in [5.41, 5.74) is 2.17. The van der Waals surface area contributed by atoms with Crippen molar-refractivity contribution in [3.05, 3.63) is 29.3 Å². The Labute approximate surface area is 102 Å². The molecule has 0 amide bonds. The van der Waals surface area contributed by atoms with Crippen LogP contribution in [0.1, 0.15) is 24.5 Å². The van der Waals surface area contributed by atoms with E-state index in [0.29, 0.717) is 11.8 Å². The first-order valence-electron chi connectivity index (χ1n) is 5.64. The van der Waals surface area contributed by atoms with Gasteiger partial charge in [0.1, 0.15) is 5.75 Å². The predicted octanol–water partition coefficient (Wildman–Crippen LogP) is 2.93. The Hall–Kier alpha value is -0.670. The Morgan fingerprint density at radius 3 is 2.88 bits per heavy atom. The summed E-state index contributed by atoms with van der Waals surface area (Å²) in [6, 6.07) is 6.21. The van der Waals surface area contributed by atoms with E-state index >= 15 is 0 Å². The number of thioether (sulfide) groups is 1. The first-order chi connectivity index (χ1) is 7.63. The molecule has 0 fully saturated rings. The number of aryl methyl sites for hydroxylation is 1. The van der Waals surface area contributed by atoms with Gasteiger partial charge in [0.25, 0.3) is 0 Å². The van der Waals surface area contributed by atoms with E-state index in [1.165, 1.54) is 11.3 Å². The highest BCUT2D eigenvalue weighted by Crippen LogP contribution is 2.18. The number of phenols is 1. The van der Waals surface area contributed by atoms with Crippen molar-refractivity contribution in [1.82, 2.24) is 5.32 Å². The molecule has 16 heavy (non-hydrogen) atoms. The second-order valence-electron chi connectivity index (χ2n) is 4.20. The van der Waals surface area contributed by atoms with E-state index in [4.69, 9.17) is 0 Å². The summed E-state index contributed by atoms with van der Waals surface area (Å²) in [6.45, 7) is 4.96. The van der Waals surface area contributed by atoms with Crippen molar-refractivity contribution in [1.29, 1.82) is 0 Å². The van der Waals surface area contributed by atoms with Crippen molar-refractivity contribution >= 4 is 11.8 Å². The zero-order chi connectivity index (χ0) is 12.0. The third-order valence-corrected chi connectivity index (χ3v) is 3.27. The fraction of sp³-hybridized carbons (Fsp3) is 0.538. The molecule has 0 saturated carbocycles. The quantitative estimate of drug-likeness (QED) is 0.800. The summed E-state index contributed by atoms with van der Waals surface area (Å²) >= 11 is 1.87. The maximum absolute atomic E-state index is 9.68. The molecule has 1 unspecified atom stereocenters. The molecule has 1 aromatic carbocycles. The lowest BCUT2D eigenvalue weighted by molar-refractivity contribution is 0.457. The number of aromatic hydroxyl groups is 1. The summed E-state index contributed by atoms with van der Waals surface area (Å²) in [5, 5.41) is 13.1. The van der Waals surface area contributed by atoms with Crippen molar-refractivity contribution in [2.75, 3.05) is 12.0 Å². The van der Waals surface area contributed by atoms with Crippen LogP contribution in [0.5, 0.6) is 5.75 Å². The van der Waals surface area contributed by atoms with Gasteiger partial charge in [0, 0.05) is 18.2 Å². The molecule has 0 aliphatic rings. The van der Waals surface area contributed by atoms with Gasteiger partial charge in [-0.2, -0.15) is 11.8 Å². The van der Waals surface area contributed by atoms with Crippen LogP contribution in [-0.4, -0.2) is 23.2 Å². The number of rotatable bonds is 6. The summed E-state index contributed by atoms with van der Waals surface area (Å²) in [4.78, 5) is 0. The average Bonchev–Trinajstić information content (AvgIpc) is 2.27. The molecule has 1 atom stereocenters. The van der Waals surface area contributed by atoms with Gasteiger partial charge in [-0.3, -0.25) is 0 Å². The van der Waals surface area contributed by atoms with Gasteiger partial charge < -0.3 is 10.4 Å². The van der Waals surface area contributed by atoms with Crippen LogP contribution in [0.2, 0.25) is 0 Å². The second kappa shape index (κ2) is 6.81. The molecule has 0 saturated heterocycles. The fourth-order valence-corrected chi connectivity index (χ4v) is 2.13. The van der Waals surface area contributed by atoms with Crippen LogP contribution in [0.3, 0.4) is 0 Å². The number of phenolic OH excluding ortho intramolecular Hbond substituents is 1. The Kier molecular flexibility index (Phi) is 5.71. The number of nitrogens with one attached hydrogen (secondary N) is 1. The van der Waals surface area contributed by atoms with Crippen molar-refractivity contribution in [2.24, 2.45) is 0 Å². The Balaban J connectivity index is 2.44. The first-order valence-corrected chi connectivity index (χ1v) is 7.03. The molecule has 3 heteroatoms. The number of hydrogen-bond acceptors (Lipinski definition) is 3. The molecule has 2 N–H and O–H groups in total. The minimum Gasteiger partial charge on any atom is -0.508 e. The molecule has 0 heterocycles. The number of hydrogen-bond donors (Lipinski definition) is 2. The first kappa shape index (κ1) is 13.4. The van der Waals surface area contributed by atoms with E-state index in [0.717, 1.165) is 18.5 Å². The van der Waals surface area contributed by atoms with Gasteiger partial charge in [-0.05, 0) is 38.3 Å². The molecule has 0 aromatic heterocycles. The van der Waals surface area contributed by atoms with Gasteiger partial charge >= 0.3 is 0 Å². The van der Waals surface area contributed by atoms with E-state index in [-0.39, 0.29) is 0 Å². The van der Waals surface area contributed by atoms with Gasteiger partial charge in [-0.25, -0.2) is 0 Å². The van der Waals surface area contributed by atoms with E-state index in [1.807, 2.05) is 30.8 Å². The molecule has 0 aliphatic heterocycles. The highest BCUT2D eigenvalue weighted by Gasteiger charge is 2.04. The Morgan fingerprint density at radius 1 is 1.44 bits per heavy atom. The molecule has 0 aliphatic carbocycles. The highest BCUT2D eigenvalue weighted by molar-refractivity contribution is 7.98. The van der Waals surface area contributed by atoms with E-state index in [9.17, 15) is 5.11 Å². The second-order valence-corrected chi connectivity index (χ2v) is 5.18. The lowest BCUT2D eigenvalue weighted by Crippen LogP contribution is -2.26. The highest BCUT2D eigenvalue weighted by atomic mass is 32.2. The standard InChI is InChI=1S/C13H21NOS/c1-10-4-5-13(15)12(8-10)9-14-11(2)6-7-16-3/h4-5,8,11,14-15H,6-7,9H2,1-3H3. The molecule has 0 spiro atoms. The topological polar surface area (TPSA) is 32.3 Å². The lowest BCUT2D eigenvalue weighted by atomic mass is 10.1. The molecule has 0 bridgehead atoms. The van der Waals surface area contributed by atoms with Crippen molar-refractivity contribution in [3.63, 3.8) is 0 Å². The van der Waals surface area contributed by atoms with Crippen LogP contribution in [-0.2, 0) is 6.54 Å². The molecule has 1 rings (SSSR count). The molecule has 90 valence electrons. The SMILES string of the molecule is CSCCC(C)NCc1cc(C)ccc1O. The maximum Gasteiger partial charge on any atom is 0.120 e. The van der Waals surface area contributed by atoms with Crippen molar-refractivity contribution in [3.8, 4) is 5.75 Å². The van der Waals surface area contributed by atoms with Crippen LogP contribution in [0, 0.1) is 6.92 Å². The Morgan fingerprint density at radius 2 is 2.19 bits per heavy atom. The lowest BCUT2D eigenvalue weighted by Gasteiger charge is -2.14. The Bertz CT molecular complexity index is 328. The van der Waals surface area contributed by atoms with Crippen LogP contribution in [0.15, 0.2) is 18.2 Å². The minimum absolute atomic E-state index is 0.384. The number of benzene rings is 1. The van der Waals surface area contributed by atoms with Gasteiger partial charge in [-0.1, -0.05) is 17.7 Å². The maximum atomic E-state index is 9.68. The third-order valence-electron chi connectivity index (χ3n) is 2.63. The normalized spacial score (nSPS) is 12.7. The van der Waals surface area contributed by atoms with Crippen LogP contribution < -0.4 is 5.32 Å². The average molecular weight is 239 g/mol. The third kappa shape index (κ3) is 4.45. The molecule has 2 nitrogen and oxygen atoms in total. The molecule has 0 radical (unpaired) electrons. The van der Waals surface area contributed by atoms with Gasteiger partial charge in [-0.15, -0.1) is 0 Å². The van der Waals surface area contributed by atoms with Gasteiger partial charge in [0.15, 0.2) is 0 Å². The summed E-state index contributed by atoms with van der Waals surface area (Å²) in [5.74, 6) is 1.56. The van der Waals surface area contributed by atoms with E-state index in [2.05, 4.69) is 18.5 Å². The molecular weight excluding hydrogens is 218 g/mol. The summed E-state index contributed by atoms with van der Waals surface area (Å²) in [7, 11) is 0. The van der Waals surface area contributed by atoms with Crippen molar-refractivity contribution in [2.45, 2.75) is 32.9 Å². The van der Waals surface area contributed by atoms with E-state index in [1.54, 1.807) is 6.07 Å². The largest absolute Gasteiger partial charge is 0.508 e. The molecule has 1 aromatic rings. The zero-order valence-electron chi connectivity index (χ0n) is 10.3. The monoisotopic (exact) mass is 239 g/mol. The van der Waals surface area contributed by atoms with Crippen LogP contribution in [0.4, 0.5) is 0 Å². The minimum atomic E-state index is 0.384. The predicted molar refractivity (Wildman–Crippen MR) is 72.1 cm³/mol. The summed E-state index contributed by atoms with van der Waals surface area (Å²) in [6.07, 6.45) is 3.28.